The van der Waals surface area contributed by atoms with Gasteiger partial charge in [0, 0.05) is 18.7 Å². The Hall–Kier alpha value is -1.26. The van der Waals surface area contributed by atoms with Crippen LogP contribution in [0.15, 0.2) is 18.2 Å². The molecule has 4 nitrogen and oxygen atoms in total. The van der Waals surface area contributed by atoms with Gasteiger partial charge >= 0.3 is 0 Å². The molecule has 0 bridgehead atoms. The highest BCUT2D eigenvalue weighted by Gasteiger charge is 2.23. The molecule has 2 rings (SSSR count). The SMILES string of the molecule is CCNCC1CCN(C(=O)c2ccc(O)c(Cl)c2)CC1. The number of hydrogen-bond donors (Lipinski definition) is 2. The van der Waals surface area contributed by atoms with Crippen molar-refractivity contribution in [2.24, 2.45) is 5.92 Å². The molecule has 1 aromatic carbocycles. The monoisotopic (exact) mass is 296 g/mol. The quantitative estimate of drug-likeness (QED) is 0.897. The normalized spacial score (nSPS) is 16.4. The Bertz CT molecular complexity index is 471. The van der Waals surface area contributed by atoms with Crippen LogP contribution in [0.1, 0.15) is 30.1 Å². The molecule has 0 spiro atoms. The Morgan fingerprint density at radius 3 is 2.75 bits per heavy atom. The zero-order valence-electron chi connectivity index (χ0n) is 11.7. The molecule has 1 fully saturated rings. The predicted octanol–water partition coefficient (Wildman–Crippen LogP) is 2.51. The van der Waals surface area contributed by atoms with Crippen molar-refractivity contribution in [3.8, 4) is 5.75 Å². The van der Waals surface area contributed by atoms with Crippen LogP contribution in [0.3, 0.4) is 0 Å². The summed E-state index contributed by atoms with van der Waals surface area (Å²) in [5.41, 5.74) is 0.540. The minimum Gasteiger partial charge on any atom is -0.506 e. The molecule has 20 heavy (non-hydrogen) atoms. The van der Waals surface area contributed by atoms with Gasteiger partial charge in [-0.05, 0) is 50.0 Å². The Morgan fingerprint density at radius 1 is 1.45 bits per heavy atom. The van der Waals surface area contributed by atoms with E-state index in [-0.39, 0.29) is 16.7 Å². The van der Waals surface area contributed by atoms with Crippen molar-refractivity contribution >= 4 is 17.5 Å². The number of nitrogens with zero attached hydrogens (tertiary/aromatic N) is 1. The van der Waals surface area contributed by atoms with Crippen LogP contribution in [0, 0.1) is 5.92 Å². The second kappa shape index (κ2) is 6.95. The molecule has 0 unspecified atom stereocenters. The fraction of sp³-hybridized carbons (Fsp3) is 0.533. The highest BCUT2D eigenvalue weighted by molar-refractivity contribution is 6.32. The number of carbonyl (C=O) groups is 1. The lowest BCUT2D eigenvalue weighted by Crippen LogP contribution is -2.40. The third kappa shape index (κ3) is 3.64. The van der Waals surface area contributed by atoms with E-state index in [0.29, 0.717) is 11.5 Å². The van der Waals surface area contributed by atoms with Crippen molar-refractivity contribution in [1.82, 2.24) is 10.2 Å². The molecule has 0 aliphatic carbocycles. The Labute approximate surface area is 124 Å². The summed E-state index contributed by atoms with van der Waals surface area (Å²) in [6, 6.07) is 4.62. The maximum Gasteiger partial charge on any atom is 0.253 e. The van der Waals surface area contributed by atoms with Crippen molar-refractivity contribution < 1.29 is 9.90 Å². The largest absolute Gasteiger partial charge is 0.506 e. The topological polar surface area (TPSA) is 52.6 Å². The number of halogens is 1. The van der Waals surface area contributed by atoms with E-state index in [1.165, 1.54) is 12.1 Å². The van der Waals surface area contributed by atoms with Gasteiger partial charge in [-0.15, -0.1) is 0 Å². The molecule has 5 heteroatoms. The van der Waals surface area contributed by atoms with Gasteiger partial charge in [0.15, 0.2) is 0 Å². The zero-order valence-corrected chi connectivity index (χ0v) is 12.5. The van der Waals surface area contributed by atoms with Gasteiger partial charge in [-0.1, -0.05) is 18.5 Å². The van der Waals surface area contributed by atoms with Crippen LogP contribution < -0.4 is 5.32 Å². The lowest BCUT2D eigenvalue weighted by atomic mass is 9.96. The molecular formula is C15H21ClN2O2. The van der Waals surface area contributed by atoms with Crippen molar-refractivity contribution in [3.63, 3.8) is 0 Å². The first kappa shape index (κ1) is 15.1. The van der Waals surface area contributed by atoms with Crippen molar-refractivity contribution in [1.29, 1.82) is 0 Å². The lowest BCUT2D eigenvalue weighted by Gasteiger charge is -2.32. The molecule has 1 aromatic rings. The van der Waals surface area contributed by atoms with Crippen LogP contribution in [-0.2, 0) is 0 Å². The molecule has 1 amide bonds. The number of aromatic hydroxyl groups is 1. The average molecular weight is 297 g/mol. The lowest BCUT2D eigenvalue weighted by molar-refractivity contribution is 0.0690. The number of piperidine rings is 1. The van der Waals surface area contributed by atoms with E-state index in [1.54, 1.807) is 6.07 Å². The maximum absolute atomic E-state index is 12.4. The summed E-state index contributed by atoms with van der Waals surface area (Å²) in [6.45, 7) is 5.70. The van der Waals surface area contributed by atoms with Gasteiger partial charge in [0.25, 0.3) is 5.91 Å². The molecule has 1 saturated heterocycles. The third-order valence-corrected chi connectivity index (χ3v) is 4.08. The highest BCUT2D eigenvalue weighted by Crippen LogP contribution is 2.25. The molecular weight excluding hydrogens is 276 g/mol. The zero-order chi connectivity index (χ0) is 14.5. The number of hydrogen-bond acceptors (Lipinski definition) is 3. The van der Waals surface area contributed by atoms with Crippen LogP contribution in [0.2, 0.25) is 5.02 Å². The van der Waals surface area contributed by atoms with E-state index in [2.05, 4.69) is 12.2 Å². The van der Waals surface area contributed by atoms with Gasteiger partial charge in [0.05, 0.1) is 5.02 Å². The number of rotatable bonds is 4. The first-order chi connectivity index (χ1) is 9.61. The number of nitrogens with one attached hydrogen (secondary N) is 1. The Balaban J connectivity index is 1.92. The summed E-state index contributed by atoms with van der Waals surface area (Å²) in [6.07, 6.45) is 2.06. The number of carbonyl (C=O) groups excluding carboxylic acids is 1. The number of likely N-dealkylation sites (tertiary alicyclic amines) is 1. The van der Waals surface area contributed by atoms with Crippen LogP contribution in [-0.4, -0.2) is 42.1 Å². The van der Waals surface area contributed by atoms with E-state index in [1.807, 2.05) is 4.90 Å². The van der Waals surface area contributed by atoms with E-state index in [0.717, 1.165) is 39.0 Å². The molecule has 0 saturated carbocycles. The minimum absolute atomic E-state index is 0.00574. The van der Waals surface area contributed by atoms with Gasteiger partial charge in [-0.25, -0.2) is 0 Å². The molecule has 0 atom stereocenters. The van der Waals surface area contributed by atoms with Gasteiger partial charge < -0.3 is 15.3 Å². The number of amides is 1. The summed E-state index contributed by atoms with van der Waals surface area (Å²) in [5, 5.41) is 13.0. The van der Waals surface area contributed by atoms with E-state index in [9.17, 15) is 9.90 Å². The molecule has 110 valence electrons. The van der Waals surface area contributed by atoms with Gasteiger partial charge in [-0.3, -0.25) is 4.79 Å². The first-order valence-electron chi connectivity index (χ1n) is 7.10. The first-order valence-corrected chi connectivity index (χ1v) is 7.48. The highest BCUT2D eigenvalue weighted by atomic mass is 35.5. The Morgan fingerprint density at radius 2 is 2.15 bits per heavy atom. The van der Waals surface area contributed by atoms with Crippen LogP contribution in [0.25, 0.3) is 0 Å². The summed E-state index contributed by atoms with van der Waals surface area (Å²) >= 11 is 5.85. The summed E-state index contributed by atoms with van der Waals surface area (Å²) in [5.74, 6) is 0.656. The van der Waals surface area contributed by atoms with Gasteiger partial charge in [-0.2, -0.15) is 0 Å². The third-order valence-electron chi connectivity index (χ3n) is 3.78. The van der Waals surface area contributed by atoms with Gasteiger partial charge in [0.1, 0.15) is 5.75 Å². The molecule has 0 radical (unpaired) electrons. The van der Waals surface area contributed by atoms with E-state index >= 15 is 0 Å². The van der Waals surface area contributed by atoms with Crippen LogP contribution >= 0.6 is 11.6 Å². The summed E-state index contributed by atoms with van der Waals surface area (Å²) < 4.78 is 0. The summed E-state index contributed by atoms with van der Waals surface area (Å²) in [7, 11) is 0. The second-order valence-corrected chi connectivity index (χ2v) is 5.62. The van der Waals surface area contributed by atoms with Gasteiger partial charge in [0.2, 0.25) is 0 Å². The number of phenolic OH excluding ortho intramolecular Hbond substituents is 1. The predicted molar refractivity (Wildman–Crippen MR) is 80.3 cm³/mol. The standard InChI is InChI=1S/C15H21ClN2O2/c1-2-17-10-11-5-7-18(8-6-11)15(20)12-3-4-14(19)13(16)9-12/h3-4,9,11,17,19H,2,5-8,10H2,1H3. The molecule has 1 aliphatic rings. The summed E-state index contributed by atoms with van der Waals surface area (Å²) in [4.78, 5) is 14.2. The maximum atomic E-state index is 12.4. The molecule has 0 aromatic heterocycles. The fourth-order valence-electron chi connectivity index (χ4n) is 2.51. The number of phenols is 1. The van der Waals surface area contributed by atoms with E-state index < -0.39 is 0 Å². The second-order valence-electron chi connectivity index (χ2n) is 5.21. The molecule has 2 N–H and O–H groups in total. The smallest absolute Gasteiger partial charge is 0.253 e. The average Bonchev–Trinajstić information content (AvgIpc) is 2.48. The molecule has 1 aliphatic heterocycles. The van der Waals surface area contributed by atoms with E-state index in [4.69, 9.17) is 11.6 Å². The molecule has 1 heterocycles. The van der Waals surface area contributed by atoms with Crippen LogP contribution in [0.4, 0.5) is 0 Å². The van der Waals surface area contributed by atoms with Crippen molar-refractivity contribution in [2.75, 3.05) is 26.2 Å². The van der Waals surface area contributed by atoms with Crippen molar-refractivity contribution in [3.05, 3.63) is 28.8 Å². The number of benzene rings is 1. The Kier molecular flexibility index (Phi) is 5.26. The van der Waals surface area contributed by atoms with Crippen molar-refractivity contribution in [2.45, 2.75) is 19.8 Å². The fourth-order valence-corrected chi connectivity index (χ4v) is 2.69. The van der Waals surface area contributed by atoms with Crippen LogP contribution in [0.5, 0.6) is 5.75 Å². The minimum atomic E-state index is -0.00574.